The molecule has 0 bridgehead atoms. The first-order valence-corrected chi connectivity index (χ1v) is 13.1. The van der Waals surface area contributed by atoms with Gasteiger partial charge < -0.3 is 9.88 Å². The van der Waals surface area contributed by atoms with Gasteiger partial charge >= 0.3 is 0 Å². The summed E-state index contributed by atoms with van der Waals surface area (Å²) in [6.07, 6.45) is 1.27. The molecule has 0 spiro atoms. The van der Waals surface area contributed by atoms with Gasteiger partial charge in [-0.3, -0.25) is 4.79 Å². The van der Waals surface area contributed by atoms with Crippen molar-refractivity contribution in [1.29, 1.82) is 0 Å². The van der Waals surface area contributed by atoms with Crippen molar-refractivity contribution in [2.24, 2.45) is 13.0 Å². The molecule has 0 unspecified atom stereocenters. The van der Waals surface area contributed by atoms with Crippen molar-refractivity contribution < 1.29 is 13.2 Å². The zero-order valence-corrected chi connectivity index (χ0v) is 19.2. The summed E-state index contributed by atoms with van der Waals surface area (Å²) < 4.78 is 25.2. The number of nitrogens with zero attached hydrogens (tertiary/aromatic N) is 3. The molecule has 0 saturated carbocycles. The molecule has 1 aromatic heterocycles. The van der Waals surface area contributed by atoms with Crippen LogP contribution >= 0.6 is 11.8 Å². The maximum atomic E-state index is 12.5. The summed E-state index contributed by atoms with van der Waals surface area (Å²) in [5.74, 6) is 1.50. The predicted molar refractivity (Wildman–Crippen MR) is 123 cm³/mol. The highest BCUT2D eigenvalue weighted by Crippen LogP contribution is 2.24. The molecule has 2 aromatic carbocycles. The number of sulfone groups is 1. The molecule has 31 heavy (non-hydrogen) atoms. The first-order valence-electron chi connectivity index (χ1n) is 10.3. The van der Waals surface area contributed by atoms with Crippen LogP contribution in [-0.2, 0) is 28.1 Å². The average molecular weight is 459 g/mol. The number of carbonyl (C=O) groups excluding carboxylic acids is 1. The molecule has 4 rings (SSSR count). The van der Waals surface area contributed by atoms with Crippen molar-refractivity contribution >= 4 is 38.3 Å². The SMILES string of the molecule is C[C@@H](NC(=O)CSc1nnc(C[C@H]2CCS(=O)(=O)C2)n1C)c1ccc2ccccc2c1. The second kappa shape index (κ2) is 9.00. The summed E-state index contributed by atoms with van der Waals surface area (Å²) in [7, 11) is -1.05. The Kier molecular flexibility index (Phi) is 6.34. The zero-order chi connectivity index (χ0) is 22.0. The van der Waals surface area contributed by atoms with Crippen LogP contribution in [0.1, 0.15) is 30.8 Å². The van der Waals surface area contributed by atoms with E-state index in [4.69, 9.17) is 0 Å². The van der Waals surface area contributed by atoms with Gasteiger partial charge in [-0.05, 0) is 41.7 Å². The van der Waals surface area contributed by atoms with Crippen molar-refractivity contribution in [3.05, 3.63) is 53.9 Å². The smallest absolute Gasteiger partial charge is 0.230 e. The van der Waals surface area contributed by atoms with Gasteiger partial charge in [0.05, 0.1) is 23.3 Å². The standard InChI is InChI=1S/C22H26N4O3S2/c1-15(18-8-7-17-5-3-4-6-19(17)12-18)23-21(27)13-30-22-25-24-20(26(22)2)11-16-9-10-31(28,29)14-16/h3-8,12,15-16H,9-11,13-14H2,1-2H3,(H,23,27)/t15-,16-/m1/s1. The summed E-state index contributed by atoms with van der Waals surface area (Å²) in [5.41, 5.74) is 1.06. The largest absolute Gasteiger partial charge is 0.349 e. The van der Waals surface area contributed by atoms with Crippen LogP contribution in [0, 0.1) is 5.92 Å². The number of benzene rings is 2. The molecule has 2 atom stereocenters. The van der Waals surface area contributed by atoms with Gasteiger partial charge in [0, 0.05) is 13.5 Å². The third-order valence-corrected chi connectivity index (χ3v) is 8.56. The number of rotatable bonds is 7. The number of thioether (sulfide) groups is 1. The highest BCUT2D eigenvalue weighted by atomic mass is 32.2. The molecule has 0 radical (unpaired) electrons. The molecule has 3 aromatic rings. The van der Waals surface area contributed by atoms with Crippen LogP contribution in [0.5, 0.6) is 0 Å². The minimum atomic E-state index is -2.91. The molecule has 1 saturated heterocycles. The first kappa shape index (κ1) is 21.8. The number of nitrogens with one attached hydrogen (secondary N) is 1. The highest BCUT2D eigenvalue weighted by Gasteiger charge is 2.29. The number of fused-ring (bicyclic) bond motifs is 1. The molecule has 1 aliphatic rings. The molecule has 164 valence electrons. The lowest BCUT2D eigenvalue weighted by Gasteiger charge is -2.15. The van der Waals surface area contributed by atoms with Crippen molar-refractivity contribution in [2.75, 3.05) is 17.3 Å². The Morgan fingerprint density at radius 3 is 2.74 bits per heavy atom. The van der Waals surface area contributed by atoms with E-state index < -0.39 is 9.84 Å². The van der Waals surface area contributed by atoms with Gasteiger partial charge in [0.1, 0.15) is 5.82 Å². The minimum absolute atomic E-state index is 0.0721. The van der Waals surface area contributed by atoms with Crippen molar-refractivity contribution in [2.45, 2.75) is 31.0 Å². The summed E-state index contributed by atoms with van der Waals surface area (Å²) in [6, 6.07) is 14.3. The first-order chi connectivity index (χ1) is 14.8. The summed E-state index contributed by atoms with van der Waals surface area (Å²) in [4.78, 5) is 12.5. The van der Waals surface area contributed by atoms with Crippen LogP contribution in [0.25, 0.3) is 10.8 Å². The quantitative estimate of drug-likeness (QED) is 0.547. The Morgan fingerprint density at radius 1 is 1.23 bits per heavy atom. The van der Waals surface area contributed by atoms with E-state index in [2.05, 4.69) is 39.8 Å². The van der Waals surface area contributed by atoms with E-state index in [1.807, 2.05) is 36.7 Å². The van der Waals surface area contributed by atoms with Gasteiger partial charge in [-0.2, -0.15) is 0 Å². The van der Waals surface area contributed by atoms with E-state index in [1.165, 1.54) is 17.1 Å². The Labute approximate surface area is 186 Å². The summed E-state index contributed by atoms with van der Waals surface area (Å²) in [6.45, 7) is 1.97. The third kappa shape index (κ3) is 5.27. The van der Waals surface area contributed by atoms with Crippen LogP contribution in [0.15, 0.2) is 47.6 Å². The highest BCUT2D eigenvalue weighted by molar-refractivity contribution is 7.99. The molecule has 0 aliphatic carbocycles. The summed E-state index contributed by atoms with van der Waals surface area (Å²) >= 11 is 1.33. The van der Waals surface area contributed by atoms with Gasteiger partial charge in [-0.15, -0.1) is 10.2 Å². The fourth-order valence-corrected chi connectivity index (χ4v) is 6.52. The van der Waals surface area contributed by atoms with Crippen molar-refractivity contribution in [3.8, 4) is 0 Å². The van der Waals surface area contributed by atoms with Gasteiger partial charge in [0.2, 0.25) is 5.91 Å². The van der Waals surface area contributed by atoms with Crippen LogP contribution < -0.4 is 5.32 Å². The lowest BCUT2D eigenvalue weighted by Crippen LogP contribution is -2.28. The Balaban J connectivity index is 1.31. The fraction of sp³-hybridized carbons (Fsp3) is 0.409. The van der Waals surface area contributed by atoms with Crippen LogP contribution in [0.3, 0.4) is 0 Å². The number of hydrogen-bond acceptors (Lipinski definition) is 6. The molecule has 7 nitrogen and oxygen atoms in total. The van der Waals surface area contributed by atoms with Crippen LogP contribution in [0.4, 0.5) is 0 Å². The van der Waals surface area contributed by atoms with Crippen molar-refractivity contribution in [1.82, 2.24) is 20.1 Å². The number of carbonyl (C=O) groups is 1. The Hall–Kier alpha value is -2.39. The summed E-state index contributed by atoms with van der Waals surface area (Å²) in [5, 5.41) is 14.4. The van der Waals surface area contributed by atoms with E-state index in [0.717, 1.165) is 16.8 Å². The average Bonchev–Trinajstić information content (AvgIpc) is 3.27. The lowest BCUT2D eigenvalue weighted by molar-refractivity contribution is -0.119. The third-order valence-electron chi connectivity index (χ3n) is 5.71. The Bertz CT molecular complexity index is 1210. The van der Waals surface area contributed by atoms with Crippen molar-refractivity contribution in [3.63, 3.8) is 0 Å². The zero-order valence-electron chi connectivity index (χ0n) is 17.6. The monoisotopic (exact) mass is 458 g/mol. The molecular formula is C22H26N4O3S2. The molecule has 1 fully saturated rings. The fourth-order valence-electron chi connectivity index (χ4n) is 3.91. The maximum absolute atomic E-state index is 12.5. The van der Waals surface area contributed by atoms with Gasteiger partial charge in [-0.1, -0.05) is 48.2 Å². The molecular weight excluding hydrogens is 432 g/mol. The minimum Gasteiger partial charge on any atom is -0.349 e. The molecule has 9 heteroatoms. The number of hydrogen-bond donors (Lipinski definition) is 1. The van der Waals surface area contributed by atoms with Gasteiger partial charge in [-0.25, -0.2) is 8.42 Å². The van der Waals surface area contributed by atoms with Crippen LogP contribution in [-0.4, -0.2) is 46.3 Å². The van der Waals surface area contributed by atoms with Crippen LogP contribution in [0.2, 0.25) is 0 Å². The van der Waals surface area contributed by atoms with E-state index in [-0.39, 0.29) is 35.1 Å². The van der Waals surface area contributed by atoms with E-state index in [9.17, 15) is 13.2 Å². The van der Waals surface area contributed by atoms with E-state index >= 15 is 0 Å². The van der Waals surface area contributed by atoms with Gasteiger partial charge in [0.15, 0.2) is 15.0 Å². The molecule has 1 aliphatic heterocycles. The lowest BCUT2D eigenvalue weighted by atomic mass is 10.0. The Morgan fingerprint density at radius 2 is 2.00 bits per heavy atom. The van der Waals surface area contributed by atoms with E-state index in [1.54, 1.807) is 0 Å². The maximum Gasteiger partial charge on any atom is 0.230 e. The molecule has 1 amide bonds. The topological polar surface area (TPSA) is 94.0 Å². The van der Waals surface area contributed by atoms with E-state index in [0.29, 0.717) is 18.0 Å². The number of amides is 1. The number of aromatic nitrogens is 3. The predicted octanol–water partition coefficient (Wildman–Crippen LogP) is 2.92. The van der Waals surface area contributed by atoms with Gasteiger partial charge in [0.25, 0.3) is 0 Å². The molecule has 1 N–H and O–H groups in total. The second-order valence-electron chi connectivity index (χ2n) is 8.12. The normalized spacial score (nSPS) is 18.8. The molecule has 2 heterocycles. The second-order valence-corrected chi connectivity index (χ2v) is 11.3.